The van der Waals surface area contributed by atoms with E-state index in [1.807, 2.05) is 12.2 Å². The van der Waals surface area contributed by atoms with E-state index in [1.165, 1.54) is 12.2 Å². The number of nitrogens with zero attached hydrogens (tertiary/aromatic N) is 3. The Bertz CT molecular complexity index is 828. The van der Waals surface area contributed by atoms with Crippen molar-refractivity contribution >= 4 is 11.9 Å². The summed E-state index contributed by atoms with van der Waals surface area (Å²) >= 11 is 0. The van der Waals surface area contributed by atoms with E-state index < -0.39 is 35.6 Å². The minimum atomic E-state index is -0.960. The molecule has 0 bridgehead atoms. The van der Waals surface area contributed by atoms with Gasteiger partial charge in [0.05, 0.1) is 13.1 Å². The lowest BCUT2D eigenvalue weighted by Gasteiger charge is -2.13. The van der Waals surface area contributed by atoms with Crippen LogP contribution in [0.15, 0.2) is 39.7 Å². The van der Waals surface area contributed by atoms with Gasteiger partial charge in [0.1, 0.15) is 6.54 Å². The zero-order chi connectivity index (χ0) is 19.9. The van der Waals surface area contributed by atoms with E-state index in [-0.39, 0.29) is 19.1 Å². The molecule has 0 aliphatic rings. The molecule has 0 aromatic carbocycles. The fourth-order valence-electron chi connectivity index (χ4n) is 2.06. The number of hydrogen-bond acceptors (Lipinski definition) is 5. The van der Waals surface area contributed by atoms with E-state index in [4.69, 9.17) is 0 Å². The van der Waals surface area contributed by atoms with E-state index >= 15 is 0 Å². The molecule has 0 saturated carbocycles. The van der Waals surface area contributed by atoms with Crippen LogP contribution in [0.2, 0.25) is 0 Å². The predicted octanol–water partition coefficient (Wildman–Crippen LogP) is -0.832. The number of carbonyl (C=O) groups is 2. The van der Waals surface area contributed by atoms with Crippen LogP contribution in [0.4, 0.5) is 4.79 Å². The monoisotopic (exact) mass is 365 g/mol. The molecular weight excluding hydrogens is 342 g/mol. The normalized spacial score (nSPS) is 11.5. The molecule has 1 aromatic heterocycles. The van der Waals surface area contributed by atoms with Crippen LogP contribution in [-0.4, -0.2) is 31.7 Å². The molecule has 3 amide bonds. The highest BCUT2D eigenvalue weighted by atomic mass is 16.2. The molecule has 1 atom stereocenters. The summed E-state index contributed by atoms with van der Waals surface area (Å²) in [6.45, 7) is 9.55. The molecule has 142 valence electrons. The Morgan fingerprint density at radius 1 is 1.00 bits per heavy atom. The Kier molecular flexibility index (Phi) is 7.51. The van der Waals surface area contributed by atoms with Crippen LogP contribution in [-0.2, 0) is 24.4 Å². The standard InChI is InChI=1S/C16H23N5O5/c1-5-8-19-14(24)20(9-6-2)16(26)21(15(19)25)10-12(22)18-13(23)17-11(4)7-3/h5-6,11H,1-2,7-10H2,3-4H3,(H2,17,18,22,23)/t11-/m1/s1. The van der Waals surface area contributed by atoms with Gasteiger partial charge < -0.3 is 5.32 Å². The van der Waals surface area contributed by atoms with Crippen molar-refractivity contribution < 1.29 is 9.59 Å². The second-order valence-electron chi connectivity index (χ2n) is 5.56. The second kappa shape index (κ2) is 9.35. The van der Waals surface area contributed by atoms with Gasteiger partial charge in [-0.2, -0.15) is 0 Å². The second-order valence-corrected chi connectivity index (χ2v) is 5.56. The van der Waals surface area contributed by atoms with E-state index in [0.29, 0.717) is 11.0 Å². The highest BCUT2D eigenvalue weighted by Gasteiger charge is 2.18. The number of urea groups is 1. The number of aromatic nitrogens is 3. The minimum Gasteiger partial charge on any atom is -0.335 e. The summed E-state index contributed by atoms with van der Waals surface area (Å²) in [6.07, 6.45) is 3.30. The smallest absolute Gasteiger partial charge is 0.335 e. The summed E-state index contributed by atoms with van der Waals surface area (Å²) in [6, 6.07) is -0.881. The van der Waals surface area contributed by atoms with Crippen molar-refractivity contribution in [2.24, 2.45) is 0 Å². The molecule has 0 spiro atoms. The molecule has 10 nitrogen and oxygen atoms in total. The minimum absolute atomic E-state index is 0.134. The molecule has 1 aromatic rings. The largest absolute Gasteiger partial charge is 0.337 e. The summed E-state index contributed by atoms with van der Waals surface area (Å²) in [5, 5.41) is 4.57. The third kappa shape index (κ3) is 4.91. The lowest BCUT2D eigenvalue weighted by Crippen LogP contribution is -2.56. The van der Waals surface area contributed by atoms with E-state index in [2.05, 4.69) is 18.5 Å². The van der Waals surface area contributed by atoms with Crippen LogP contribution in [0.1, 0.15) is 20.3 Å². The quantitative estimate of drug-likeness (QED) is 0.582. The maximum Gasteiger partial charge on any atom is 0.337 e. The van der Waals surface area contributed by atoms with Crippen LogP contribution in [0.5, 0.6) is 0 Å². The highest BCUT2D eigenvalue weighted by molar-refractivity contribution is 5.94. The average molecular weight is 365 g/mol. The lowest BCUT2D eigenvalue weighted by molar-refractivity contribution is -0.120. The Morgan fingerprint density at radius 3 is 1.88 bits per heavy atom. The molecule has 0 aliphatic heterocycles. The molecule has 2 N–H and O–H groups in total. The summed E-state index contributed by atoms with van der Waals surface area (Å²) in [5.41, 5.74) is -2.75. The van der Waals surface area contributed by atoms with Gasteiger partial charge >= 0.3 is 23.1 Å². The lowest BCUT2D eigenvalue weighted by atomic mass is 10.3. The topological polar surface area (TPSA) is 124 Å². The van der Waals surface area contributed by atoms with Gasteiger partial charge in [-0.05, 0) is 13.3 Å². The van der Waals surface area contributed by atoms with Gasteiger partial charge in [0.15, 0.2) is 0 Å². The Labute approximate surface area is 149 Å². The van der Waals surface area contributed by atoms with Crippen LogP contribution in [0, 0.1) is 0 Å². The number of carbonyl (C=O) groups excluding carboxylic acids is 2. The van der Waals surface area contributed by atoms with Crippen molar-refractivity contribution in [3.8, 4) is 0 Å². The van der Waals surface area contributed by atoms with Crippen molar-refractivity contribution in [3.63, 3.8) is 0 Å². The molecule has 26 heavy (non-hydrogen) atoms. The van der Waals surface area contributed by atoms with Crippen LogP contribution >= 0.6 is 0 Å². The molecule has 10 heteroatoms. The number of allylic oxidation sites excluding steroid dienone is 2. The number of imide groups is 1. The molecule has 1 rings (SSSR count). The molecule has 0 unspecified atom stereocenters. The maximum absolute atomic E-state index is 12.4. The number of nitrogens with one attached hydrogen (secondary N) is 2. The molecule has 1 heterocycles. The van der Waals surface area contributed by atoms with E-state index in [0.717, 1.165) is 9.13 Å². The van der Waals surface area contributed by atoms with Gasteiger partial charge in [-0.15, -0.1) is 13.2 Å². The van der Waals surface area contributed by atoms with E-state index in [1.54, 1.807) is 6.92 Å². The first-order valence-corrected chi connectivity index (χ1v) is 8.03. The maximum atomic E-state index is 12.4. The third-order valence-electron chi connectivity index (χ3n) is 3.55. The van der Waals surface area contributed by atoms with Crippen molar-refractivity contribution in [1.82, 2.24) is 24.3 Å². The zero-order valence-electron chi connectivity index (χ0n) is 14.9. The van der Waals surface area contributed by atoms with Crippen LogP contribution < -0.4 is 27.7 Å². The number of rotatable bonds is 8. The zero-order valence-corrected chi connectivity index (χ0v) is 14.9. The first-order chi connectivity index (χ1) is 12.3. The highest BCUT2D eigenvalue weighted by Crippen LogP contribution is 1.87. The summed E-state index contributed by atoms with van der Waals surface area (Å²) < 4.78 is 2.12. The first-order valence-electron chi connectivity index (χ1n) is 8.03. The van der Waals surface area contributed by atoms with Gasteiger partial charge in [0, 0.05) is 6.04 Å². The van der Waals surface area contributed by atoms with Crippen LogP contribution in [0.3, 0.4) is 0 Å². The van der Waals surface area contributed by atoms with Gasteiger partial charge in [-0.25, -0.2) is 32.9 Å². The van der Waals surface area contributed by atoms with Gasteiger partial charge in [0.2, 0.25) is 5.91 Å². The fraction of sp³-hybridized carbons (Fsp3) is 0.438. The van der Waals surface area contributed by atoms with Gasteiger partial charge in [0.25, 0.3) is 0 Å². The summed E-state index contributed by atoms with van der Waals surface area (Å²) in [7, 11) is 0. The molecular formula is C16H23N5O5. The predicted molar refractivity (Wildman–Crippen MR) is 96.0 cm³/mol. The Hall–Kier alpha value is -3.17. The van der Waals surface area contributed by atoms with Crippen molar-refractivity contribution in [1.29, 1.82) is 0 Å². The van der Waals surface area contributed by atoms with Gasteiger partial charge in [-0.1, -0.05) is 19.1 Å². The number of hydrogen-bond donors (Lipinski definition) is 2. The molecule has 0 radical (unpaired) electrons. The fourth-order valence-corrected chi connectivity index (χ4v) is 2.06. The molecule has 0 fully saturated rings. The van der Waals surface area contributed by atoms with Crippen molar-refractivity contribution in [2.45, 2.75) is 45.9 Å². The molecule has 0 saturated heterocycles. The van der Waals surface area contributed by atoms with Crippen molar-refractivity contribution in [2.75, 3.05) is 0 Å². The molecule has 0 aliphatic carbocycles. The van der Waals surface area contributed by atoms with Crippen LogP contribution in [0.25, 0.3) is 0 Å². The third-order valence-corrected chi connectivity index (χ3v) is 3.55. The average Bonchev–Trinajstić information content (AvgIpc) is 2.59. The Morgan fingerprint density at radius 2 is 1.46 bits per heavy atom. The summed E-state index contributed by atoms with van der Waals surface area (Å²) in [4.78, 5) is 60.6. The Balaban J connectivity index is 3.21. The SMILES string of the molecule is C=CCn1c(=O)n(CC=C)c(=O)n(CC(=O)NC(=O)N[C@H](C)CC)c1=O. The first kappa shape index (κ1) is 20.9. The van der Waals surface area contributed by atoms with Gasteiger partial charge in [-0.3, -0.25) is 10.1 Å². The van der Waals surface area contributed by atoms with Crippen molar-refractivity contribution in [3.05, 3.63) is 56.8 Å². The van der Waals surface area contributed by atoms with E-state index in [9.17, 15) is 24.0 Å². The summed E-state index contributed by atoms with van der Waals surface area (Å²) in [5.74, 6) is -0.862. The number of amides is 3.